The van der Waals surface area contributed by atoms with Gasteiger partial charge >= 0.3 is 0 Å². The lowest BCUT2D eigenvalue weighted by molar-refractivity contribution is -0.116. The number of hydrogen-bond donors (Lipinski definition) is 2. The Kier molecular flexibility index (Phi) is 6.48. The number of benzene rings is 1. The molecule has 4 nitrogen and oxygen atoms in total. The van der Waals surface area contributed by atoms with Gasteiger partial charge in [0.05, 0.1) is 5.75 Å². The van der Waals surface area contributed by atoms with Crippen LogP contribution in [0, 0.1) is 0 Å². The van der Waals surface area contributed by atoms with Crippen LogP contribution in [0.3, 0.4) is 0 Å². The van der Waals surface area contributed by atoms with Crippen molar-refractivity contribution >= 4 is 46.3 Å². The first-order valence-corrected chi connectivity index (χ1v) is 9.00. The maximum atomic E-state index is 11.9. The summed E-state index contributed by atoms with van der Waals surface area (Å²) in [5, 5.41) is 7.65. The third kappa shape index (κ3) is 5.54. The topological polar surface area (TPSA) is 58.2 Å². The second-order valence-electron chi connectivity index (χ2n) is 4.60. The molecule has 2 aromatic rings. The fraction of sp³-hybridized carbons (Fsp3) is 0.250. The molecule has 22 heavy (non-hydrogen) atoms. The molecule has 0 aliphatic carbocycles. The predicted octanol–water partition coefficient (Wildman–Crippen LogP) is 3.97. The lowest BCUT2D eigenvalue weighted by Gasteiger charge is -2.08. The van der Waals surface area contributed by atoms with Gasteiger partial charge in [-0.3, -0.25) is 9.59 Å². The van der Waals surface area contributed by atoms with Crippen LogP contribution in [-0.2, 0) is 15.3 Å². The van der Waals surface area contributed by atoms with E-state index in [4.69, 9.17) is 0 Å². The van der Waals surface area contributed by atoms with Crippen LogP contribution in [0.5, 0.6) is 0 Å². The summed E-state index contributed by atoms with van der Waals surface area (Å²) in [5.41, 5.74) is 1.38. The minimum absolute atomic E-state index is 0.0412. The minimum Gasteiger partial charge on any atom is -0.326 e. The Labute approximate surface area is 138 Å². The minimum atomic E-state index is -0.0463. The average Bonchev–Trinajstić information content (AvgIpc) is 3.00. The third-order valence-corrected chi connectivity index (χ3v) is 4.85. The third-order valence-electron chi connectivity index (χ3n) is 2.81. The molecule has 0 aliphatic heterocycles. The Hall–Kier alpha value is -1.79. The van der Waals surface area contributed by atoms with Crippen molar-refractivity contribution in [1.82, 2.24) is 0 Å². The van der Waals surface area contributed by atoms with E-state index in [1.54, 1.807) is 48.2 Å². The van der Waals surface area contributed by atoms with Gasteiger partial charge < -0.3 is 10.6 Å². The number of thioether (sulfide) groups is 1. The first-order chi connectivity index (χ1) is 10.7. The van der Waals surface area contributed by atoms with Gasteiger partial charge in [0.1, 0.15) is 0 Å². The fourth-order valence-corrected chi connectivity index (χ4v) is 3.43. The standard InChI is InChI=1S/C16H18N2O2S2/c1-2-15(19)17-12-5-3-6-13(9-12)18-16(20)11-21-10-14-7-4-8-22-14/h3-9H,2,10-11H2,1H3,(H,17,19)(H,18,20). The van der Waals surface area contributed by atoms with Gasteiger partial charge in [0.15, 0.2) is 0 Å². The van der Waals surface area contributed by atoms with Crippen LogP contribution in [0.25, 0.3) is 0 Å². The molecule has 116 valence electrons. The van der Waals surface area contributed by atoms with Crippen molar-refractivity contribution in [3.8, 4) is 0 Å². The summed E-state index contributed by atoms with van der Waals surface area (Å²) in [7, 11) is 0. The number of thiophene rings is 1. The van der Waals surface area contributed by atoms with E-state index in [1.165, 1.54) is 4.88 Å². The quantitative estimate of drug-likeness (QED) is 0.805. The summed E-state index contributed by atoms with van der Waals surface area (Å²) in [6.45, 7) is 1.80. The Morgan fingerprint density at radius 1 is 1.09 bits per heavy atom. The van der Waals surface area contributed by atoms with E-state index < -0.39 is 0 Å². The molecule has 1 aromatic heterocycles. The van der Waals surface area contributed by atoms with Crippen LogP contribution in [0.1, 0.15) is 18.2 Å². The van der Waals surface area contributed by atoms with Gasteiger partial charge in [-0.2, -0.15) is 0 Å². The smallest absolute Gasteiger partial charge is 0.234 e. The molecule has 2 N–H and O–H groups in total. The molecule has 0 unspecified atom stereocenters. The number of amides is 2. The van der Waals surface area contributed by atoms with Gasteiger partial charge in [-0.15, -0.1) is 23.1 Å². The number of hydrogen-bond acceptors (Lipinski definition) is 4. The highest BCUT2D eigenvalue weighted by atomic mass is 32.2. The van der Waals surface area contributed by atoms with E-state index in [9.17, 15) is 9.59 Å². The normalized spacial score (nSPS) is 10.2. The van der Waals surface area contributed by atoms with Crippen molar-refractivity contribution in [2.75, 3.05) is 16.4 Å². The summed E-state index contributed by atoms with van der Waals surface area (Å²) in [5.74, 6) is 1.16. The van der Waals surface area contributed by atoms with Crippen LogP contribution in [0.2, 0.25) is 0 Å². The molecule has 0 spiro atoms. The second-order valence-corrected chi connectivity index (χ2v) is 6.62. The SMILES string of the molecule is CCC(=O)Nc1cccc(NC(=O)CSCc2cccs2)c1. The summed E-state index contributed by atoms with van der Waals surface area (Å²) < 4.78 is 0. The van der Waals surface area contributed by atoms with Crippen LogP contribution in [-0.4, -0.2) is 17.6 Å². The molecular formula is C16H18N2O2S2. The van der Waals surface area contributed by atoms with Gasteiger partial charge in [-0.25, -0.2) is 0 Å². The molecule has 0 fully saturated rings. The van der Waals surface area contributed by atoms with Crippen LogP contribution >= 0.6 is 23.1 Å². The number of rotatable bonds is 7. The zero-order chi connectivity index (χ0) is 15.8. The zero-order valence-electron chi connectivity index (χ0n) is 12.3. The molecule has 0 atom stereocenters. The van der Waals surface area contributed by atoms with E-state index in [-0.39, 0.29) is 11.8 Å². The molecule has 0 saturated heterocycles. The fourth-order valence-electron chi connectivity index (χ4n) is 1.76. The maximum Gasteiger partial charge on any atom is 0.234 e. The van der Waals surface area contributed by atoms with E-state index in [0.29, 0.717) is 23.5 Å². The average molecular weight is 334 g/mol. The van der Waals surface area contributed by atoms with E-state index >= 15 is 0 Å². The van der Waals surface area contributed by atoms with Gasteiger partial charge in [0.25, 0.3) is 0 Å². The number of carbonyl (C=O) groups excluding carboxylic acids is 2. The summed E-state index contributed by atoms with van der Waals surface area (Å²) in [6.07, 6.45) is 0.427. The Bertz CT molecular complexity index is 627. The number of nitrogens with one attached hydrogen (secondary N) is 2. The van der Waals surface area contributed by atoms with Crippen LogP contribution in [0.4, 0.5) is 11.4 Å². The molecule has 2 amide bonds. The van der Waals surface area contributed by atoms with Crippen molar-refractivity contribution in [1.29, 1.82) is 0 Å². The molecule has 2 rings (SSSR count). The number of carbonyl (C=O) groups is 2. The van der Waals surface area contributed by atoms with Crippen LogP contribution < -0.4 is 10.6 Å². The lowest BCUT2D eigenvalue weighted by atomic mass is 10.2. The zero-order valence-corrected chi connectivity index (χ0v) is 13.9. The van der Waals surface area contributed by atoms with Gasteiger partial charge in [-0.05, 0) is 29.6 Å². The monoisotopic (exact) mass is 334 g/mol. The molecule has 6 heteroatoms. The van der Waals surface area contributed by atoms with Crippen molar-refractivity contribution in [3.63, 3.8) is 0 Å². The van der Waals surface area contributed by atoms with Crippen molar-refractivity contribution < 1.29 is 9.59 Å². The van der Waals surface area contributed by atoms with Crippen molar-refractivity contribution in [3.05, 3.63) is 46.7 Å². The second kappa shape index (κ2) is 8.60. The predicted molar refractivity (Wildman–Crippen MR) is 94.5 cm³/mol. The summed E-state index contributed by atoms with van der Waals surface area (Å²) in [6, 6.07) is 11.2. The van der Waals surface area contributed by atoms with E-state index in [2.05, 4.69) is 16.7 Å². The van der Waals surface area contributed by atoms with Gasteiger partial charge in [0, 0.05) is 28.4 Å². The molecule has 0 saturated carbocycles. The first-order valence-electron chi connectivity index (χ1n) is 6.97. The molecular weight excluding hydrogens is 316 g/mol. The highest BCUT2D eigenvalue weighted by Gasteiger charge is 2.05. The van der Waals surface area contributed by atoms with Gasteiger partial charge in [-0.1, -0.05) is 19.1 Å². The van der Waals surface area contributed by atoms with E-state index in [0.717, 1.165) is 5.75 Å². The number of anilines is 2. The summed E-state index contributed by atoms with van der Waals surface area (Å²) in [4.78, 5) is 24.5. The first kappa shape index (κ1) is 16.6. The largest absolute Gasteiger partial charge is 0.326 e. The molecule has 0 radical (unpaired) electrons. The molecule has 0 aliphatic rings. The van der Waals surface area contributed by atoms with Crippen LogP contribution in [0.15, 0.2) is 41.8 Å². The molecule has 1 aromatic carbocycles. The highest BCUT2D eigenvalue weighted by Crippen LogP contribution is 2.18. The Balaban J connectivity index is 1.80. The molecule has 1 heterocycles. The lowest BCUT2D eigenvalue weighted by Crippen LogP contribution is -2.15. The Morgan fingerprint density at radius 3 is 2.45 bits per heavy atom. The Morgan fingerprint density at radius 2 is 1.82 bits per heavy atom. The maximum absolute atomic E-state index is 11.9. The summed E-state index contributed by atoms with van der Waals surface area (Å²) >= 11 is 3.28. The molecule has 0 bridgehead atoms. The van der Waals surface area contributed by atoms with Gasteiger partial charge in [0.2, 0.25) is 11.8 Å². The highest BCUT2D eigenvalue weighted by molar-refractivity contribution is 7.99. The van der Waals surface area contributed by atoms with E-state index in [1.807, 2.05) is 17.5 Å². The van der Waals surface area contributed by atoms with Crippen molar-refractivity contribution in [2.45, 2.75) is 19.1 Å². The van der Waals surface area contributed by atoms with Crippen molar-refractivity contribution in [2.24, 2.45) is 0 Å².